The lowest BCUT2D eigenvalue weighted by Crippen LogP contribution is -2.27. The predicted octanol–water partition coefficient (Wildman–Crippen LogP) is 7.39. The number of ether oxygens (including phenoxy) is 2. The Morgan fingerprint density at radius 2 is 1.85 bits per heavy atom. The number of hydrogen-bond acceptors (Lipinski definition) is 7. The fraction of sp³-hybridized carbons (Fsp3) is 0.410. The first kappa shape index (κ1) is 36.2. The lowest BCUT2D eigenvalue weighted by Gasteiger charge is -2.29. The quantitative estimate of drug-likeness (QED) is 0.182. The van der Waals surface area contributed by atoms with Crippen LogP contribution in [0.5, 0.6) is 11.5 Å². The summed E-state index contributed by atoms with van der Waals surface area (Å²) in [5, 5.41) is 12.9. The molecule has 2 N–H and O–H groups in total. The minimum Gasteiger partial charge on any atom is -0.493 e. The van der Waals surface area contributed by atoms with Crippen molar-refractivity contribution in [3.8, 4) is 22.6 Å². The number of amides is 1. The highest BCUT2D eigenvalue weighted by molar-refractivity contribution is 6.36. The molecule has 3 aromatic carbocycles. The molecule has 1 amide bonds. The van der Waals surface area contributed by atoms with E-state index in [9.17, 15) is 14.7 Å². The van der Waals surface area contributed by atoms with Gasteiger partial charge >= 0.3 is 5.97 Å². The minimum atomic E-state index is -0.835. The Labute approximate surface area is 312 Å². The van der Waals surface area contributed by atoms with Gasteiger partial charge in [0.25, 0.3) is 5.91 Å². The fourth-order valence-electron chi connectivity index (χ4n) is 7.98. The number of carbonyl (C=O) groups is 2. The zero-order chi connectivity index (χ0) is 37.1. The van der Waals surface area contributed by atoms with Crippen LogP contribution < -0.4 is 14.8 Å². The molecule has 1 fully saturated rings. The highest BCUT2D eigenvalue weighted by Crippen LogP contribution is 2.53. The molecule has 0 radical (unpaired) electrons. The van der Waals surface area contributed by atoms with Gasteiger partial charge in [-0.05, 0) is 55.3 Å². The number of likely N-dealkylation sites (tertiary alicyclic amines) is 1. The fourth-order valence-corrected chi connectivity index (χ4v) is 8.52. The number of halogens is 3. The summed E-state index contributed by atoms with van der Waals surface area (Å²) in [6, 6.07) is 13.1. The molecule has 0 spiro atoms. The molecule has 2 unspecified atom stereocenters. The summed E-state index contributed by atoms with van der Waals surface area (Å²) in [6.45, 7) is 6.98. The van der Waals surface area contributed by atoms with Crippen LogP contribution >= 0.6 is 23.2 Å². The van der Waals surface area contributed by atoms with Crippen LogP contribution in [0.4, 0.5) is 10.1 Å². The molecule has 13 heteroatoms. The number of fused-ring (bicyclic) bond motifs is 2. The molecular formula is C39H42Cl2FN5O5. The predicted molar refractivity (Wildman–Crippen MR) is 198 cm³/mol. The van der Waals surface area contributed by atoms with Crippen molar-refractivity contribution < 1.29 is 28.6 Å². The van der Waals surface area contributed by atoms with Crippen LogP contribution in [0.15, 0.2) is 42.5 Å². The Morgan fingerprint density at radius 1 is 1.10 bits per heavy atom. The highest BCUT2D eigenvalue weighted by atomic mass is 35.5. The van der Waals surface area contributed by atoms with E-state index in [1.165, 1.54) is 7.11 Å². The number of aliphatic carboxylic acids is 1. The topological polar surface area (TPSA) is 109 Å². The highest BCUT2D eigenvalue weighted by Gasteiger charge is 2.43. The van der Waals surface area contributed by atoms with Crippen molar-refractivity contribution in [2.75, 3.05) is 39.1 Å². The molecule has 3 heterocycles. The maximum absolute atomic E-state index is 16.2. The molecule has 7 rings (SSSR count). The number of aromatic nitrogens is 2. The van der Waals surface area contributed by atoms with E-state index in [0.29, 0.717) is 61.1 Å². The number of likely N-dealkylation sites (N-methyl/N-ethyl adjacent to an activating group) is 1. The molecule has 0 bridgehead atoms. The number of rotatable bonds is 9. The van der Waals surface area contributed by atoms with Gasteiger partial charge in [-0.2, -0.15) is 4.39 Å². The van der Waals surface area contributed by atoms with Gasteiger partial charge in [-0.25, -0.2) is 4.98 Å². The number of benzene rings is 3. The van der Waals surface area contributed by atoms with Gasteiger partial charge in [-0.3, -0.25) is 14.5 Å². The third-order valence-electron chi connectivity index (χ3n) is 10.7. The van der Waals surface area contributed by atoms with Crippen molar-refractivity contribution in [3.05, 3.63) is 92.2 Å². The monoisotopic (exact) mass is 749 g/mol. The van der Waals surface area contributed by atoms with E-state index >= 15 is 4.39 Å². The maximum Gasteiger partial charge on any atom is 0.307 e. The van der Waals surface area contributed by atoms with Crippen molar-refractivity contribution in [2.45, 2.75) is 52.3 Å². The molecule has 4 aromatic rings. The molecule has 1 aromatic heterocycles. The zero-order valence-electron chi connectivity index (χ0n) is 29.9. The van der Waals surface area contributed by atoms with Gasteiger partial charge in [0.15, 0.2) is 17.3 Å². The number of hydrogen-bond donors (Lipinski definition) is 2. The second-order valence-corrected chi connectivity index (χ2v) is 15.6. The number of nitrogens with one attached hydrogen (secondary N) is 1. The van der Waals surface area contributed by atoms with Crippen LogP contribution in [0.3, 0.4) is 0 Å². The molecule has 2 atom stereocenters. The number of imidazole rings is 1. The molecule has 274 valence electrons. The van der Waals surface area contributed by atoms with E-state index in [1.807, 2.05) is 53.9 Å². The number of anilines is 1. The van der Waals surface area contributed by atoms with E-state index in [-0.39, 0.29) is 22.4 Å². The van der Waals surface area contributed by atoms with Gasteiger partial charge < -0.3 is 29.4 Å². The van der Waals surface area contributed by atoms with Gasteiger partial charge in [0.1, 0.15) is 6.10 Å². The van der Waals surface area contributed by atoms with E-state index in [2.05, 4.69) is 29.0 Å². The average Bonchev–Trinajstić information content (AvgIpc) is 3.77. The normalized spacial score (nSPS) is 19.7. The van der Waals surface area contributed by atoms with Gasteiger partial charge in [0.2, 0.25) is 5.82 Å². The largest absolute Gasteiger partial charge is 0.493 e. The summed E-state index contributed by atoms with van der Waals surface area (Å²) in [5.41, 5.74) is 6.02. The summed E-state index contributed by atoms with van der Waals surface area (Å²) in [6.07, 6.45) is 1.40. The van der Waals surface area contributed by atoms with Gasteiger partial charge in [0, 0.05) is 61.9 Å². The van der Waals surface area contributed by atoms with Crippen molar-refractivity contribution in [3.63, 3.8) is 0 Å². The molecule has 52 heavy (non-hydrogen) atoms. The number of nitrogens with zero attached hydrogens (tertiary/aromatic N) is 4. The van der Waals surface area contributed by atoms with E-state index in [0.717, 1.165) is 46.6 Å². The summed E-state index contributed by atoms with van der Waals surface area (Å²) in [5.74, 6) is -2.08. The summed E-state index contributed by atoms with van der Waals surface area (Å²) in [7, 11) is 5.30. The summed E-state index contributed by atoms with van der Waals surface area (Å²) >= 11 is 13.8. The molecular weight excluding hydrogens is 708 g/mol. The zero-order valence-corrected chi connectivity index (χ0v) is 31.4. The molecule has 10 nitrogen and oxygen atoms in total. The molecule has 2 aliphatic heterocycles. The van der Waals surface area contributed by atoms with Crippen molar-refractivity contribution in [1.29, 1.82) is 0 Å². The Balaban J connectivity index is 1.16. The minimum absolute atomic E-state index is 0.0200. The molecule has 1 aliphatic carbocycles. The second kappa shape index (κ2) is 14.0. The van der Waals surface area contributed by atoms with Crippen LogP contribution in [-0.2, 0) is 37.8 Å². The number of methoxy groups -OCH3 is 1. The Bertz CT molecular complexity index is 2080. The summed E-state index contributed by atoms with van der Waals surface area (Å²) < 4.78 is 30.1. The van der Waals surface area contributed by atoms with Gasteiger partial charge in [-0.15, -0.1) is 0 Å². The van der Waals surface area contributed by atoms with Crippen molar-refractivity contribution in [1.82, 2.24) is 19.4 Å². The van der Waals surface area contributed by atoms with E-state index in [1.54, 1.807) is 12.1 Å². The van der Waals surface area contributed by atoms with Crippen LogP contribution in [0.2, 0.25) is 10.0 Å². The average molecular weight is 751 g/mol. The first-order valence-corrected chi connectivity index (χ1v) is 18.1. The number of carboxylic acids is 1. The number of carboxylic acid groups (broad SMARTS) is 1. The summed E-state index contributed by atoms with van der Waals surface area (Å²) in [4.78, 5) is 33.8. The molecule has 1 saturated heterocycles. The van der Waals surface area contributed by atoms with Crippen LogP contribution in [-0.4, -0.2) is 70.1 Å². The Kier molecular flexibility index (Phi) is 9.75. The number of carbonyl (C=O) groups excluding carboxylic acids is 1. The molecule has 3 aliphatic rings. The Hall–Kier alpha value is -4.16. The second-order valence-electron chi connectivity index (χ2n) is 14.8. The van der Waals surface area contributed by atoms with Crippen molar-refractivity contribution >= 4 is 40.8 Å². The maximum atomic E-state index is 16.2. The Morgan fingerprint density at radius 3 is 2.58 bits per heavy atom. The van der Waals surface area contributed by atoms with Crippen LogP contribution in [0, 0.1) is 17.2 Å². The standard InChI is InChI=1S/C39H42Cl2FN5O5/c1-39(2)17-26-23(24-9-7-11-28(31(24)41)44-37(48)36-43-29-20-45(3)14-13-30(29)46(36)4)8-6-10-25(26)35(39)52-34-27(40)16-22(33(51-5)32(34)42)19-47-15-12-21(18-47)38(49)50/h6-11,16,21,35H,12-15,17-20H2,1-5H3,(H,44,48)(H,49,50). The first-order valence-electron chi connectivity index (χ1n) is 17.4. The smallest absolute Gasteiger partial charge is 0.307 e. The van der Waals surface area contributed by atoms with Crippen LogP contribution in [0.25, 0.3) is 11.1 Å². The first-order chi connectivity index (χ1) is 24.8. The lowest BCUT2D eigenvalue weighted by atomic mass is 9.87. The van der Waals surface area contributed by atoms with Crippen LogP contribution in [0.1, 0.15) is 65.1 Å². The van der Waals surface area contributed by atoms with Crippen molar-refractivity contribution in [2.24, 2.45) is 18.4 Å². The third kappa shape index (κ3) is 6.53. The van der Waals surface area contributed by atoms with E-state index in [4.69, 9.17) is 32.7 Å². The van der Waals surface area contributed by atoms with Gasteiger partial charge in [0.05, 0.1) is 34.5 Å². The SMILES string of the molecule is COc1c(CN2CCC(C(=O)O)C2)cc(Cl)c(OC2c3cccc(-c4cccc(NC(=O)c5nc6c(n5C)CCN(C)C6)c4Cl)c3CC2(C)C)c1F. The van der Waals surface area contributed by atoms with Gasteiger partial charge in [-0.1, -0.05) is 67.4 Å². The third-order valence-corrected chi connectivity index (χ3v) is 11.4. The lowest BCUT2D eigenvalue weighted by molar-refractivity contribution is -0.141. The van der Waals surface area contributed by atoms with E-state index < -0.39 is 29.2 Å². The molecule has 0 saturated carbocycles.